The summed E-state index contributed by atoms with van der Waals surface area (Å²) in [6.45, 7) is 2.65. The van der Waals surface area contributed by atoms with E-state index in [0.717, 1.165) is 12.8 Å². The van der Waals surface area contributed by atoms with E-state index in [1.54, 1.807) is 0 Å². The van der Waals surface area contributed by atoms with E-state index in [2.05, 4.69) is 5.32 Å². The number of carbonyl (C=O) groups is 1. The molecule has 1 aliphatic heterocycles. The lowest BCUT2D eigenvalue weighted by atomic mass is 9.96. The van der Waals surface area contributed by atoms with Crippen molar-refractivity contribution in [3.63, 3.8) is 0 Å². The molecule has 16 heavy (non-hydrogen) atoms. The summed E-state index contributed by atoms with van der Waals surface area (Å²) in [7, 11) is 0. The molecule has 94 valence electrons. The zero-order valence-electron chi connectivity index (χ0n) is 9.67. The summed E-state index contributed by atoms with van der Waals surface area (Å²) in [5.41, 5.74) is -0.901. The first-order valence-corrected chi connectivity index (χ1v) is 6.28. The number of ether oxygens (including phenoxy) is 1. The van der Waals surface area contributed by atoms with Gasteiger partial charge in [-0.3, -0.25) is 4.79 Å². The fraction of sp³-hybridized carbons (Fsp3) is 0.909. The molecule has 1 saturated heterocycles. The van der Waals surface area contributed by atoms with Gasteiger partial charge in [0.2, 0.25) is 5.91 Å². The van der Waals surface area contributed by atoms with Crippen LogP contribution in [0.3, 0.4) is 0 Å². The molecule has 0 radical (unpaired) electrons. The van der Waals surface area contributed by atoms with Crippen LogP contribution in [0.15, 0.2) is 0 Å². The number of alkyl halides is 1. The maximum atomic E-state index is 11.4. The van der Waals surface area contributed by atoms with Gasteiger partial charge in [-0.2, -0.15) is 0 Å². The van der Waals surface area contributed by atoms with Crippen molar-refractivity contribution in [2.45, 2.75) is 44.3 Å². The van der Waals surface area contributed by atoms with Crippen LogP contribution in [0.1, 0.15) is 32.6 Å². The minimum Gasteiger partial charge on any atom is -0.385 e. The number of halogens is 1. The third-order valence-corrected chi connectivity index (χ3v) is 3.31. The second kappa shape index (κ2) is 6.42. The summed E-state index contributed by atoms with van der Waals surface area (Å²) < 4.78 is 5.28. The highest BCUT2D eigenvalue weighted by Crippen LogP contribution is 2.24. The van der Waals surface area contributed by atoms with Crippen LogP contribution < -0.4 is 5.32 Å². The number of amides is 1. The highest BCUT2D eigenvalue weighted by molar-refractivity contribution is 6.17. The van der Waals surface area contributed by atoms with E-state index in [4.69, 9.17) is 16.3 Å². The van der Waals surface area contributed by atoms with Crippen molar-refractivity contribution in [2.75, 3.05) is 19.0 Å². The van der Waals surface area contributed by atoms with Gasteiger partial charge in [0, 0.05) is 31.9 Å². The molecular formula is C11H20ClNO3. The largest absolute Gasteiger partial charge is 0.385 e. The third kappa shape index (κ3) is 3.92. The molecule has 4 nitrogen and oxygen atoms in total. The van der Waals surface area contributed by atoms with Crippen molar-refractivity contribution in [3.8, 4) is 0 Å². The topological polar surface area (TPSA) is 58.6 Å². The molecule has 1 rings (SSSR count). The molecule has 0 aromatic rings. The third-order valence-electron chi connectivity index (χ3n) is 3.04. The molecule has 0 saturated carbocycles. The molecule has 0 aromatic heterocycles. The summed E-state index contributed by atoms with van der Waals surface area (Å²) in [5, 5.41) is 12.9. The zero-order valence-corrected chi connectivity index (χ0v) is 10.4. The quantitative estimate of drug-likeness (QED) is 0.547. The predicted octanol–water partition coefficient (Wildman–Crippen LogP) is 1.05. The average molecular weight is 250 g/mol. The van der Waals surface area contributed by atoms with Crippen LogP contribution in [0.25, 0.3) is 0 Å². The molecule has 1 fully saturated rings. The number of hydrogen-bond acceptors (Lipinski definition) is 3. The molecule has 0 aromatic carbocycles. The lowest BCUT2D eigenvalue weighted by molar-refractivity contribution is -0.123. The highest BCUT2D eigenvalue weighted by atomic mass is 35.5. The Labute approximate surface area is 101 Å². The van der Waals surface area contributed by atoms with Crippen molar-refractivity contribution < 1.29 is 14.6 Å². The highest BCUT2D eigenvalue weighted by Gasteiger charge is 2.39. The minimum atomic E-state index is -0.901. The van der Waals surface area contributed by atoms with E-state index in [-0.39, 0.29) is 18.6 Å². The van der Waals surface area contributed by atoms with Crippen LogP contribution >= 0.6 is 11.6 Å². The maximum absolute atomic E-state index is 11.4. The lowest BCUT2D eigenvalue weighted by Gasteiger charge is -2.26. The van der Waals surface area contributed by atoms with Crippen LogP contribution in [-0.2, 0) is 9.53 Å². The van der Waals surface area contributed by atoms with Gasteiger partial charge in [0.1, 0.15) is 5.60 Å². The molecule has 2 atom stereocenters. The predicted molar refractivity (Wildman–Crippen MR) is 62.6 cm³/mol. The molecule has 1 heterocycles. The SMILES string of the molecule is CC1OCCC1(O)CNC(=O)CCCCCl. The monoisotopic (exact) mass is 249 g/mol. The first-order chi connectivity index (χ1) is 7.58. The van der Waals surface area contributed by atoms with E-state index in [1.807, 2.05) is 6.92 Å². The lowest BCUT2D eigenvalue weighted by Crippen LogP contribution is -2.47. The first kappa shape index (κ1) is 13.7. The van der Waals surface area contributed by atoms with Gasteiger partial charge in [0.15, 0.2) is 0 Å². The van der Waals surface area contributed by atoms with Gasteiger partial charge >= 0.3 is 0 Å². The van der Waals surface area contributed by atoms with Gasteiger partial charge in [-0.15, -0.1) is 11.6 Å². The fourth-order valence-corrected chi connectivity index (χ4v) is 1.91. The number of unbranched alkanes of at least 4 members (excludes halogenated alkanes) is 1. The summed E-state index contributed by atoms with van der Waals surface area (Å²) in [4.78, 5) is 11.4. The standard InChI is InChI=1S/C11H20ClNO3/c1-9-11(15,5-7-16-9)8-13-10(14)4-2-3-6-12/h9,15H,2-8H2,1H3,(H,13,14). The molecular weight excluding hydrogens is 230 g/mol. The van der Waals surface area contributed by atoms with E-state index >= 15 is 0 Å². The second-order valence-electron chi connectivity index (χ2n) is 4.29. The summed E-state index contributed by atoms with van der Waals surface area (Å²) in [5.74, 6) is 0.555. The first-order valence-electron chi connectivity index (χ1n) is 5.75. The number of hydrogen-bond donors (Lipinski definition) is 2. The van der Waals surface area contributed by atoms with Crippen LogP contribution in [0.2, 0.25) is 0 Å². The van der Waals surface area contributed by atoms with Gasteiger partial charge in [0.25, 0.3) is 0 Å². The molecule has 1 aliphatic rings. The van der Waals surface area contributed by atoms with E-state index in [1.165, 1.54) is 0 Å². The molecule has 0 bridgehead atoms. The molecule has 2 unspecified atom stereocenters. The van der Waals surface area contributed by atoms with Crippen LogP contribution in [-0.4, -0.2) is 41.8 Å². The van der Waals surface area contributed by atoms with Crippen LogP contribution in [0.4, 0.5) is 0 Å². The summed E-state index contributed by atoms with van der Waals surface area (Å²) >= 11 is 5.52. The summed E-state index contributed by atoms with van der Waals surface area (Å²) in [6.07, 6.45) is 2.47. The van der Waals surface area contributed by atoms with Gasteiger partial charge in [-0.1, -0.05) is 0 Å². The number of carbonyl (C=O) groups excluding carboxylic acids is 1. The minimum absolute atomic E-state index is 0.0300. The van der Waals surface area contributed by atoms with E-state index in [9.17, 15) is 9.90 Å². The van der Waals surface area contributed by atoms with E-state index in [0.29, 0.717) is 25.3 Å². The van der Waals surface area contributed by atoms with Crippen LogP contribution in [0.5, 0.6) is 0 Å². The number of aliphatic hydroxyl groups is 1. The van der Waals surface area contributed by atoms with Crippen molar-refractivity contribution in [2.24, 2.45) is 0 Å². The number of rotatable bonds is 6. The van der Waals surface area contributed by atoms with Gasteiger partial charge in [-0.25, -0.2) is 0 Å². The Balaban J connectivity index is 2.20. The number of nitrogens with one attached hydrogen (secondary N) is 1. The normalized spacial score (nSPS) is 29.3. The molecule has 5 heteroatoms. The Hall–Kier alpha value is -0.320. The second-order valence-corrected chi connectivity index (χ2v) is 4.67. The summed E-state index contributed by atoms with van der Waals surface area (Å²) in [6, 6.07) is 0. The fourth-order valence-electron chi connectivity index (χ4n) is 1.72. The van der Waals surface area contributed by atoms with Crippen molar-refractivity contribution in [1.82, 2.24) is 5.32 Å². The van der Waals surface area contributed by atoms with E-state index < -0.39 is 5.60 Å². The van der Waals surface area contributed by atoms with Crippen molar-refractivity contribution >= 4 is 17.5 Å². The Morgan fingerprint density at radius 3 is 2.94 bits per heavy atom. The Bertz CT molecular complexity index is 237. The molecule has 2 N–H and O–H groups in total. The smallest absolute Gasteiger partial charge is 0.220 e. The molecule has 0 aliphatic carbocycles. The van der Waals surface area contributed by atoms with Crippen molar-refractivity contribution in [3.05, 3.63) is 0 Å². The Morgan fingerprint density at radius 1 is 1.62 bits per heavy atom. The van der Waals surface area contributed by atoms with Crippen LogP contribution in [0, 0.1) is 0 Å². The molecule has 0 spiro atoms. The van der Waals surface area contributed by atoms with Crippen molar-refractivity contribution in [1.29, 1.82) is 0 Å². The van der Waals surface area contributed by atoms with Gasteiger partial charge < -0.3 is 15.2 Å². The maximum Gasteiger partial charge on any atom is 0.220 e. The molecule has 1 amide bonds. The zero-order chi connectivity index (χ0) is 12.0. The Kier molecular flexibility index (Phi) is 5.52. The van der Waals surface area contributed by atoms with Gasteiger partial charge in [0.05, 0.1) is 6.10 Å². The Morgan fingerprint density at radius 2 is 2.38 bits per heavy atom. The average Bonchev–Trinajstić information content (AvgIpc) is 2.58. The van der Waals surface area contributed by atoms with Gasteiger partial charge in [-0.05, 0) is 19.8 Å².